The van der Waals surface area contributed by atoms with Crippen molar-refractivity contribution < 1.29 is 9.84 Å². The van der Waals surface area contributed by atoms with Crippen molar-refractivity contribution in [1.29, 1.82) is 0 Å². The molecule has 0 spiro atoms. The molecule has 2 unspecified atom stereocenters. The van der Waals surface area contributed by atoms with Gasteiger partial charge in [0.2, 0.25) is 0 Å². The molecule has 1 aromatic rings. The monoisotopic (exact) mass is 263 g/mol. The Morgan fingerprint density at radius 2 is 2.21 bits per heavy atom. The first-order valence-electron chi connectivity index (χ1n) is 7.11. The average Bonchev–Trinajstić information content (AvgIpc) is 2.81. The summed E-state index contributed by atoms with van der Waals surface area (Å²) in [7, 11) is 2.05. The summed E-state index contributed by atoms with van der Waals surface area (Å²) >= 11 is 0. The highest BCUT2D eigenvalue weighted by atomic mass is 16.5. The summed E-state index contributed by atoms with van der Waals surface area (Å²) in [5, 5.41) is 10.4. The Morgan fingerprint density at radius 1 is 1.42 bits per heavy atom. The molecule has 19 heavy (non-hydrogen) atoms. The summed E-state index contributed by atoms with van der Waals surface area (Å²) < 4.78 is 5.63. The Kier molecular flexibility index (Phi) is 4.97. The van der Waals surface area contributed by atoms with E-state index in [0.29, 0.717) is 12.6 Å². The van der Waals surface area contributed by atoms with Gasteiger partial charge in [0.15, 0.2) is 0 Å². The van der Waals surface area contributed by atoms with Crippen LogP contribution in [-0.4, -0.2) is 42.9 Å². The van der Waals surface area contributed by atoms with E-state index >= 15 is 0 Å². The van der Waals surface area contributed by atoms with E-state index in [0.717, 1.165) is 37.1 Å². The zero-order chi connectivity index (χ0) is 13.8. The molecule has 1 heterocycles. The molecule has 1 N–H and O–H groups in total. The van der Waals surface area contributed by atoms with E-state index in [2.05, 4.69) is 37.9 Å². The topological polar surface area (TPSA) is 32.7 Å². The molecule has 0 radical (unpaired) electrons. The molecule has 0 saturated carbocycles. The standard InChI is InChI=1S/C16H25NO2/c1-12-6-7-15(13(2)9-12)16(18)11-17(3)10-14-5-4-8-19-14/h6-7,9,14,16,18H,4-5,8,10-11H2,1-3H3. The lowest BCUT2D eigenvalue weighted by Gasteiger charge is -2.24. The molecule has 2 rings (SSSR count). The first kappa shape index (κ1) is 14.5. The van der Waals surface area contributed by atoms with Crippen LogP contribution in [-0.2, 0) is 4.74 Å². The van der Waals surface area contributed by atoms with Gasteiger partial charge in [-0.2, -0.15) is 0 Å². The van der Waals surface area contributed by atoms with Crippen molar-refractivity contribution >= 4 is 0 Å². The lowest BCUT2D eigenvalue weighted by atomic mass is 10.0. The maximum Gasteiger partial charge on any atom is 0.0919 e. The largest absolute Gasteiger partial charge is 0.387 e. The normalized spacial score (nSPS) is 21.0. The highest BCUT2D eigenvalue weighted by Gasteiger charge is 2.19. The van der Waals surface area contributed by atoms with Gasteiger partial charge in [-0.1, -0.05) is 23.8 Å². The second-order valence-corrected chi connectivity index (χ2v) is 5.73. The van der Waals surface area contributed by atoms with E-state index in [1.165, 1.54) is 5.56 Å². The van der Waals surface area contributed by atoms with Crippen LogP contribution in [0.15, 0.2) is 18.2 Å². The molecule has 1 aliphatic rings. The first-order chi connectivity index (χ1) is 9.06. The highest BCUT2D eigenvalue weighted by molar-refractivity contribution is 5.32. The van der Waals surface area contributed by atoms with E-state index in [1.54, 1.807) is 0 Å². The maximum atomic E-state index is 10.4. The molecular formula is C16H25NO2. The van der Waals surface area contributed by atoms with E-state index in [-0.39, 0.29) is 0 Å². The van der Waals surface area contributed by atoms with E-state index < -0.39 is 6.10 Å². The zero-order valence-electron chi connectivity index (χ0n) is 12.2. The molecule has 1 aromatic carbocycles. The van der Waals surface area contributed by atoms with Crippen molar-refractivity contribution in [2.75, 3.05) is 26.7 Å². The maximum absolute atomic E-state index is 10.4. The predicted octanol–water partition coefficient (Wildman–Crippen LogP) is 2.45. The SMILES string of the molecule is Cc1ccc(C(O)CN(C)CC2CCCO2)c(C)c1. The molecule has 3 heteroatoms. The Hall–Kier alpha value is -0.900. The lowest BCUT2D eigenvalue weighted by molar-refractivity contribution is 0.0601. The van der Waals surface area contributed by atoms with Crippen molar-refractivity contribution in [3.8, 4) is 0 Å². The minimum atomic E-state index is -0.424. The smallest absolute Gasteiger partial charge is 0.0919 e. The molecule has 0 bridgehead atoms. The van der Waals surface area contributed by atoms with Crippen LogP contribution in [0.2, 0.25) is 0 Å². The molecule has 1 aliphatic heterocycles. The lowest BCUT2D eigenvalue weighted by Crippen LogP contribution is -2.32. The summed E-state index contributed by atoms with van der Waals surface area (Å²) in [4.78, 5) is 2.17. The summed E-state index contributed by atoms with van der Waals surface area (Å²) in [6.07, 6.45) is 2.23. The van der Waals surface area contributed by atoms with Crippen molar-refractivity contribution in [1.82, 2.24) is 4.90 Å². The van der Waals surface area contributed by atoms with Crippen molar-refractivity contribution in [3.63, 3.8) is 0 Å². The van der Waals surface area contributed by atoms with Crippen molar-refractivity contribution in [2.45, 2.75) is 38.9 Å². The van der Waals surface area contributed by atoms with E-state index in [9.17, 15) is 5.11 Å². The molecule has 106 valence electrons. The fourth-order valence-corrected chi connectivity index (χ4v) is 2.80. The summed E-state index contributed by atoms with van der Waals surface area (Å²) in [5.41, 5.74) is 3.43. The Morgan fingerprint density at radius 3 is 2.84 bits per heavy atom. The third-order valence-corrected chi connectivity index (χ3v) is 3.81. The fourth-order valence-electron chi connectivity index (χ4n) is 2.80. The highest BCUT2D eigenvalue weighted by Crippen LogP contribution is 2.20. The molecule has 3 nitrogen and oxygen atoms in total. The van der Waals surface area contributed by atoms with Crippen LogP contribution >= 0.6 is 0 Å². The molecule has 1 fully saturated rings. The minimum Gasteiger partial charge on any atom is -0.387 e. The van der Waals surface area contributed by atoms with Crippen LogP contribution < -0.4 is 0 Å². The van der Waals surface area contributed by atoms with Gasteiger partial charge in [0.05, 0.1) is 12.2 Å². The third kappa shape index (κ3) is 4.03. The fraction of sp³-hybridized carbons (Fsp3) is 0.625. The molecule has 1 saturated heterocycles. The molecule has 2 atom stereocenters. The van der Waals surface area contributed by atoms with Gasteiger partial charge in [-0.05, 0) is 44.9 Å². The van der Waals surface area contributed by atoms with E-state index in [4.69, 9.17) is 4.74 Å². The summed E-state index contributed by atoms with van der Waals surface area (Å²) in [6, 6.07) is 6.22. The number of likely N-dealkylation sites (N-methyl/N-ethyl adjacent to an activating group) is 1. The van der Waals surface area contributed by atoms with Crippen LogP contribution in [0.5, 0.6) is 0 Å². The van der Waals surface area contributed by atoms with Gasteiger partial charge >= 0.3 is 0 Å². The van der Waals surface area contributed by atoms with Gasteiger partial charge in [0.25, 0.3) is 0 Å². The number of aryl methyl sites for hydroxylation is 2. The van der Waals surface area contributed by atoms with Crippen LogP contribution in [0.3, 0.4) is 0 Å². The van der Waals surface area contributed by atoms with Crippen molar-refractivity contribution in [2.24, 2.45) is 0 Å². The molecule has 0 aromatic heterocycles. The number of benzene rings is 1. The quantitative estimate of drug-likeness (QED) is 0.885. The van der Waals surface area contributed by atoms with Gasteiger partial charge in [0.1, 0.15) is 0 Å². The molecule has 0 aliphatic carbocycles. The number of hydrogen-bond acceptors (Lipinski definition) is 3. The number of hydrogen-bond donors (Lipinski definition) is 1. The average molecular weight is 263 g/mol. The number of aliphatic hydroxyl groups excluding tert-OH is 1. The molecule has 0 amide bonds. The Balaban J connectivity index is 1.90. The zero-order valence-corrected chi connectivity index (χ0v) is 12.2. The first-order valence-corrected chi connectivity index (χ1v) is 7.11. The summed E-state index contributed by atoms with van der Waals surface area (Å²) in [5.74, 6) is 0. The number of rotatable bonds is 5. The second kappa shape index (κ2) is 6.51. The van der Waals surface area contributed by atoms with Crippen LogP contribution in [0, 0.1) is 13.8 Å². The van der Waals surface area contributed by atoms with Gasteiger partial charge in [0, 0.05) is 19.7 Å². The van der Waals surface area contributed by atoms with E-state index in [1.807, 2.05) is 6.07 Å². The second-order valence-electron chi connectivity index (χ2n) is 5.73. The van der Waals surface area contributed by atoms with Crippen LogP contribution in [0.25, 0.3) is 0 Å². The number of ether oxygens (including phenoxy) is 1. The van der Waals surface area contributed by atoms with Gasteiger partial charge in [-0.15, -0.1) is 0 Å². The van der Waals surface area contributed by atoms with Crippen molar-refractivity contribution in [3.05, 3.63) is 34.9 Å². The van der Waals surface area contributed by atoms with Crippen LogP contribution in [0.1, 0.15) is 35.6 Å². The third-order valence-electron chi connectivity index (χ3n) is 3.81. The Bertz CT molecular complexity index is 413. The molecular weight excluding hydrogens is 238 g/mol. The van der Waals surface area contributed by atoms with Crippen LogP contribution in [0.4, 0.5) is 0 Å². The van der Waals surface area contributed by atoms with Gasteiger partial charge in [-0.25, -0.2) is 0 Å². The Labute approximate surface area is 116 Å². The van der Waals surface area contributed by atoms with Gasteiger partial charge in [-0.3, -0.25) is 0 Å². The predicted molar refractivity (Wildman–Crippen MR) is 77.3 cm³/mol. The summed E-state index contributed by atoms with van der Waals surface area (Å²) in [6.45, 7) is 6.59. The number of aliphatic hydroxyl groups is 1. The minimum absolute atomic E-state index is 0.344. The number of nitrogens with zero attached hydrogens (tertiary/aromatic N) is 1. The van der Waals surface area contributed by atoms with Gasteiger partial charge < -0.3 is 14.7 Å².